The molecule has 1 unspecified atom stereocenters. The summed E-state index contributed by atoms with van der Waals surface area (Å²) in [5.41, 5.74) is 1.86. The minimum atomic E-state index is -1.32. The summed E-state index contributed by atoms with van der Waals surface area (Å²) < 4.78 is 21.0. The van der Waals surface area contributed by atoms with Crippen LogP contribution >= 0.6 is 11.6 Å². The smallest absolute Gasteiger partial charge is 0.303 e. The largest absolute Gasteiger partial charge is 0.497 e. The van der Waals surface area contributed by atoms with Crippen molar-refractivity contribution in [2.45, 2.75) is 51.1 Å². The van der Waals surface area contributed by atoms with Crippen LogP contribution in [0.2, 0.25) is 5.02 Å². The van der Waals surface area contributed by atoms with E-state index >= 15 is 4.39 Å². The maximum atomic E-state index is 15.7. The number of carboxylic acid groups (broad SMARTS) is 1. The number of carbonyl (C=O) groups is 1. The molecule has 192 valence electrons. The molecule has 0 spiro atoms. The molecule has 1 fully saturated rings. The van der Waals surface area contributed by atoms with Gasteiger partial charge in [-0.25, -0.2) is 4.39 Å². The molecule has 36 heavy (non-hydrogen) atoms. The number of aliphatic carboxylic acids is 1. The number of aromatic nitrogens is 2. The predicted octanol–water partition coefficient (Wildman–Crippen LogP) is 6.27. The lowest BCUT2D eigenvalue weighted by Gasteiger charge is -2.41. The lowest BCUT2D eigenvalue weighted by molar-refractivity contribution is -0.141. The number of aryl methyl sites for hydroxylation is 1. The van der Waals surface area contributed by atoms with Crippen LogP contribution in [-0.2, 0) is 11.2 Å². The topological polar surface area (TPSA) is 75.6 Å². The van der Waals surface area contributed by atoms with Gasteiger partial charge in [0.05, 0.1) is 24.1 Å². The molecule has 1 aromatic carbocycles. The number of halogens is 2. The predicted molar refractivity (Wildman–Crippen MR) is 139 cm³/mol. The molecule has 0 radical (unpaired) electrons. The minimum absolute atomic E-state index is 0.0574. The molecule has 3 aromatic rings. The third kappa shape index (κ3) is 6.51. The average Bonchev–Trinajstić information content (AvgIpc) is 2.88. The molecule has 0 saturated carbocycles. The van der Waals surface area contributed by atoms with Crippen LogP contribution in [0.4, 0.5) is 4.39 Å². The first-order valence-electron chi connectivity index (χ1n) is 12.5. The summed E-state index contributed by atoms with van der Waals surface area (Å²) in [6.07, 6.45) is 8.10. The number of fused-ring (bicyclic) bond motifs is 1. The van der Waals surface area contributed by atoms with Crippen molar-refractivity contribution in [3.63, 3.8) is 0 Å². The maximum Gasteiger partial charge on any atom is 0.303 e. The van der Waals surface area contributed by atoms with Gasteiger partial charge >= 0.3 is 5.97 Å². The Balaban J connectivity index is 1.39. The number of alkyl halides is 1. The van der Waals surface area contributed by atoms with Gasteiger partial charge < -0.3 is 14.7 Å². The Bertz CT molecular complexity index is 1170. The Labute approximate surface area is 216 Å². The SMILES string of the molecule is COc1ccc2ncc(Cl)c(C(F)CCC3(CC(=O)O)CCN(CCCc4cccnc4)CC3)c2c1. The first-order valence-corrected chi connectivity index (χ1v) is 12.9. The fraction of sp³-hybridized carbons (Fsp3) is 0.464. The van der Waals surface area contributed by atoms with Gasteiger partial charge in [0, 0.05) is 29.5 Å². The van der Waals surface area contributed by atoms with Crippen molar-refractivity contribution < 1.29 is 19.0 Å². The van der Waals surface area contributed by atoms with Crippen LogP contribution in [0.1, 0.15) is 55.8 Å². The molecule has 0 amide bonds. The average molecular weight is 514 g/mol. The Morgan fingerprint density at radius 3 is 2.78 bits per heavy atom. The maximum absolute atomic E-state index is 15.7. The number of ether oxygens (including phenoxy) is 1. The fourth-order valence-electron chi connectivity index (χ4n) is 5.33. The van der Waals surface area contributed by atoms with Crippen molar-refractivity contribution in [3.8, 4) is 5.75 Å². The number of benzene rings is 1. The van der Waals surface area contributed by atoms with Gasteiger partial charge in [-0.1, -0.05) is 17.7 Å². The molecule has 0 bridgehead atoms. The van der Waals surface area contributed by atoms with E-state index in [0.717, 1.165) is 45.3 Å². The van der Waals surface area contributed by atoms with E-state index in [-0.39, 0.29) is 17.9 Å². The summed E-state index contributed by atoms with van der Waals surface area (Å²) in [5, 5.41) is 10.5. The van der Waals surface area contributed by atoms with Gasteiger partial charge in [0.2, 0.25) is 0 Å². The van der Waals surface area contributed by atoms with Crippen LogP contribution in [0, 0.1) is 5.41 Å². The highest BCUT2D eigenvalue weighted by Gasteiger charge is 2.37. The van der Waals surface area contributed by atoms with Crippen molar-refractivity contribution in [2.75, 3.05) is 26.7 Å². The second-order valence-electron chi connectivity index (χ2n) is 9.79. The van der Waals surface area contributed by atoms with E-state index < -0.39 is 17.6 Å². The standard InChI is InChI=1S/C28H33ClFN3O3/c1-36-21-6-7-25-22(16-21)27(23(29)19-32-25)24(30)8-9-28(17-26(34)35)10-14-33(15-11-28)13-3-5-20-4-2-12-31-18-20/h2,4,6-7,12,16,18-19,24H,3,5,8-11,13-15,17H2,1H3,(H,34,35). The molecule has 8 heteroatoms. The zero-order valence-electron chi connectivity index (χ0n) is 20.6. The van der Waals surface area contributed by atoms with Crippen molar-refractivity contribution in [1.29, 1.82) is 0 Å². The normalized spacial score (nSPS) is 16.6. The molecule has 1 saturated heterocycles. The van der Waals surface area contributed by atoms with Gasteiger partial charge in [0.25, 0.3) is 0 Å². The molecule has 3 heterocycles. The van der Waals surface area contributed by atoms with E-state index in [4.69, 9.17) is 16.3 Å². The third-order valence-corrected chi connectivity index (χ3v) is 7.72. The third-order valence-electron chi connectivity index (χ3n) is 7.42. The molecule has 1 aliphatic heterocycles. The Kier molecular flexibility index (Phi) is 8.75. The zero-order valence-corrected chi connectivity index (χ0v) is 21.4. The van der Waals surface area contributed by atoms with Crippen molar-refractivity contribution in [2.24, 2.45) is 5.41 Å². The summed E-state index contributed by atoms with van der Waals surface area (Å²) in [5.74, 6) is -0.217. The van der Waals surface area contributed by atoms with E-state index in [1.54, 1.807) is 31.5 Å². The number of hydrogen-bond acceptors (Lipinski definition) is 5. The highest BCUT2D eigenvalue weighted by Crippen LogP contribution is 2.44. The van der Waals surface area contributed by atoms with E-state index in [1.807, 2.05) is 12.3 Å². The van der Waals surface area contributed by atoms with Crippen molar-refractivity contribution in [1.82, 2.24) is 14.9 Å². The van der Waals surface area contributed by atoms with Gasteiger partial charge in [-0.3, -0.25) is 14.8 Å². The summed E-state index contributed by atoms with van der Waals surface area (Å²) in [6, 6.07) is 9.37. The van der Waals surface area contributed by atoms with Gasteiger partial charge in [-0.05, 0) is 93.4 Å². The molecule has 1 N–H and O–H groups in total. The second kappa shape index (κ2) is 12.0. The summed E-state index contributed by atoms with van der Waals surface area (Å²) in [7, 11) is 1.56. The van der Waals surface area contributed by atoms with E-state index in [0.29, 0.717) is 28.6 Å². The molecular weight excluding hydrogens is 481 g/mol. The quantitative estimate of drug-likeness (QED) is 0.325. The fourth-order valence-corrected chi connectivity index (χ4v) is 5.60. The van der Waals surface area contributed by atoms with Gasteiger partial charge in [-0.15, -0.1) is 0 Å². The molecule has 1 atom stereocenters. The van der Waals surface area contributed by atoms with Crippen molar-refractivity contribution >= 4 is 28.5 Å². The first kappa shape index (κ1) is 26.3. The van der Waals surface area contributed by atoms with E-state index in [1.165, 1.54) is 11.8 Å². The summed E-state index contributed by atoms with van der Waals surface area (Å²) >= 11 is 6.40. The molecule has 4 rings (SSSR count). The van der Waals surface area contributed by atoms with Crippen LogP contribution in [0.15, 0.2) is 48.9 Å². The lowest BCUT2D eigenvalue weighted by atomic mass is 9.71. The summed E-state index contributed by atoms with van der Waals surface area (Å²) in [4.78, 5) is 22.6. The monoisotopic (exact) mass is 513 g/mol. The Hall–Kier alpha value is -2.77. The molecule has 2 aromatic heterocycles. The first-order chi connectivity index (χ1) is 17.4. The van der Waals surface area contributed by atoms with Crippen LogP contribution in [-0.4, -0.2) is 52.7 Å². The Morgan fingerprint density at radius 2 is 2.08 bits per heavy atom. The van der Waals surface area contributed by atoms with Gasteiger partial charge in [-0.2, -0.15) is 0 Å². The zero-order chi connectivity index (χ0) is 25.5. The minimum Gasteiger partial charge on any atom is -0.497 e. The number of likely N-dealkylation sites (tertiary alicyclic amines) is 1. The van der Waals surface area contributed by atoms with Crippen LogP contribution in [0.3, 0.4) is 0 Å². The van der Waals surface area contributed by atoms with Crippen LogP contribution in [0.25, 0.3) is 10.9 Å². The van der Waals surface area contributed by atoms with Crippen LogP contribution in [0.5, 0.6) is 5.75 Å². The number of pyridine rings is 2. The summed E-state index contributed by atoms with van der Waals surface area (Å²) in [6.45, 7) is 2.62. The molecule has 1 aliphatic rings. The number of rotatable bonds is 11. The molecule has 6 nitrogen and oxygen atoms in total. The van der Waals surface area contributed by atoms with Gasteiger partial charge in [0.1, 0.15) is 11.9 Å². The number of nitrogens with zero attached hydrogens (tertiary/aromatic N) is 3. The number of hydrogen-bond donors (Lipinski definition) is 1. The van der Waals surface area contributed by atoms with Crippen LogP contribution < -0.4 is 4.74 Å². The molecular formula is C28H33ClFN3O3. The number of methoxy groups -OCH3 is 1. The number of piperidine rings is 1. The Morgan fingerprint density at radius 1 is 1.28 bits per heavy atom. The van der Waals surface area contributed by atoms with Crippen molar-refractivity contribution in [3.05, 3.63) is 65.1 Å². The van der Waals surface area contributed by atoms with E-state index in [9.17, 15) is 9.90 Å². The highest BCUT2D eigenvalue weighted by atomic mass is 35.5. The second-order valence-corrected chi connectivity index (χ2v) is 10.2. The van der Waals surface area contributed by atoms with Gasteiger partial charge in [0.15, 0.2) is 0 Å². The number of carboxylic acids is 1. The molecule has 0 aliphatic carbocycles. The lowest BCUT2D eigenvalue weighted by Crippen LogP contribution is -2.41. The van der Waals surface area contributed by atoms with E-state index in [2.05, 4.69) is 20.9 Å². The highest BCUT2D eigenvalue weighted by molar-refractivity contribution is 6.32.